The van der Waals surface area contributed by atoms with Crippen LogP contribution in [-0.4, -0.2) is 31.8 Å². The van der Waals surface area contributed by atoms with E-state index in [1.54, 1.807) is 0 Å². The zero-order valence-corrected chi connectivity index (χ0v) is 10.6. The van der Waals surface area contributed by atoms with Gasteiger partial charge in [-0.25, -0.2) is 4.79 Å². The molecule has 0 bridgehead atoms. The fourth-order valence-corrected chi connectivity index (χ4v) is 3.13. The quantitative estimate of drug-likeness (QED) is 0.577. The Hall–Kier alpha value is -0.773. The second-order valence-electron chi connectivity index (χ2n) is 4.63. The monoisotopic (exact) mass is 213 g/mol. The third-order valence-corrected chi connectivity index (χ3v) is 4.35. The van der Waals surface area contributed by atoms with Gasteiger partial charge in [-0.1, -0.05) is 18.3 Å². The Morgan fingerprint density at radius 1 is 1.50 bits per heavy atom. The van der Waals surface area contributed by atoms with E-state index in [1.165, 1.54) is 0 Å². The molecule has 1 aliphatic heterocycles. The van der Waals surface area contributed by atoms with Gasteiger partial charge in [-0.05, 0) is 27.2 Å². The molecule has 0 fully saturated rings. The average molecular weight is 213 g/mol. The summed E-state index contributed by atoms with van der Waals surface area (Å²) < 4.78 is 7.23. The number of nitrogens with zero attached hydrogens (tertiary/aromatic N) is 1. The van der Waals surface area contributed by atoms with Gasteiger partial charge in [0.2, 0.25) is 0 Å². The molecule has 0 saturated heterocycles. The fourth-order valence-electron chi connectivity index (χ4n) is 1.39. The molecule has 0 spiro atoms. The van der Waals surface area contributed by atoms with Crippen LogP contribution in [0.3, 0.4) is 0 Å². The Balaban J connectivity index is 2.56. The lowest BCUT2D eigenvalue weighted by Gasteiger charge is -2.31. The van der Waals surface area contributed by atoms with E-state index in [1.807, 2.05) is 25.3 Å². The Kier molecular flexibility index (Phi) is 3.37. The normalized spacial score (nSPS) is 22.3. The first-order valence-corrected chi connectivity index (χ1v) is 7.40. The maximum Gasteiger partial charge on any atom is 0.402 e. The summed E-state index contributed by atoms with van der Waals surface area (Å²) in [4.78, 5) is 11.7. The molecule has 0 N–H and O–H groups in total. The van der Waals surface area contributed by atoms with Crippen molar-refractivity contribution in [3.05, 3.63) is 11.8 Å². The van der Waals surface area contributed by atoms with Crippen molar-refractivity contribution in [2.24, 2.45) is 0 Å². The van der Waals surface area contributed by atoms with Crippen LogP contribution in [0.2, 0.25) is 6.55 Å². The van der Waals surface area contributed by atoms with Gasteiger partial charge in [0.05, 0.1) is 0 Å². The predicted octanol–water partition coefficient (Wildman–Crippen LogP) is 2.08. The van der Waals surface area contributed by atoms with Crippen molar-refractivity contribution in [2.75, 3.05) is 6.54 Å². The van der Waals surface area contributed by atoms with Crippen LogP contribution in [-0.2, 0) is 4.74 Å². The fraction of sp³-hybridized carbons (Fsp3) is 0.700. The van der Waals surface area contributed by atoms with Crippen molar-refractivity contribution in [3.8, 4) is 0 Å². The van der Waals surface area contributed by atoms with Gasteiger partial charge in [0, 0.05) is 6.54 Å². The van der Waals surface area contributed by atoms with Gasteiger partial charge in [-0.2, -0.15) is 0 Å². The molecule has 4 heteroatoms. The van der Waals surface area contributed by atoms with E-state index in [-0.39, 0.29) is 11.7 Å². The summed E-state index contributed by atoms with van der Waals surface area (Å²) in [7, 11) is -1.18. The lowest BCUT2D eigenvalue weighted by molar-refractivity contribution is 0.0383. The molecular weight excluding hydrogens is 194 g/mol. The van der Waals surface area contributed by atoms with Gasteiger partial charge in [-0.15, -0.1) is 0 Å². The Bertz CT molecular complexity index is 245. The molecular formula is C10H19NO2Si. The van der Waals surface area contributed by atoms with E-state index >= 15 is 0 Å². The van der Waals surface area contributed by atoms with Crippen molar-refractivity contribution >= 4 is 15.1 Å². The minimum atomic E-state index is -1.18. The molecule has 14 heavy (non-hydrogen) atoms. The number of hydrogen-bond acceptors (Lipinski definition) is 2. The molecule has 0 unspecified atom stereocenters. The number of carbonyl (C=O) groups is 1. The lowest BCUT2D eigenvalue weighted by Crippen LogP contribution is -2.45. The van der Waals surface area contributed by atoms with Crippen molar-refractivity contribution in [3.63, 3.8) is 0 Å². The first-order valence-electron chi connectivity index (χ1n) is 5.06. The smallest absolute Gasteiger partial charge is 0.402 e. The van der Waals surface area contributed by atoms with Crippen molar-refractivity contribution < 1.29 is 9.53 Å². The maximum absolute atomic E-state index is 11.7. The van der Waals surface area contributed by atoms with Crippen LogP contribution in [0.25, 0.3) is 0 Å². The molecule has 1 aliphatic rings. The summed E-state index contributed by atoms with van der Waals surface area (Å²) in [6.07, 6.45) is 2.97. The SMILES string of the molecule is C[Si@H]1C=CCCN1C(=O)OC(C)(C)C. The van der Waals surface area contributed by atoms with Crippen LogP contribution in [0.5, 0.6) is 0 Å². The molecule has 80 valence electrons. The summed E-state index contributed by atoms with van der Waals surface area (Å²) in [5.74, 6) is 0. The highest BCUT2D eigenvalue weighted by Crippen LogP contribution is 2.13. The first kappa shape index (κ1) is 11.3. The summed E-state index contributed by atoms with van der Waals surface area (Å²) in [5.41, 5.74) is 1.79. The molecule has 1 heterocycles. The van der Waals surface area contributed by atoms with Gasteiger partial charge in [0.25, 0.3) is 0 Å². The van der Waals surface area contributed by atoms with Gasteiger partial charge in [0.1, 0.15) is 5.60 Å². The topological polar surface area (TPSA) is 29.5 Å². The Morgan fingerprint density at radius 2 is 2.14 bits per heavy atom. The number of carbonyl (C=O) groups excluding carboxylic acids is 1. The van der Waals surface area contributed by atoms with Crippen LogP contribution in [0, 0.1) is 0 Å². The van der Waals surface area contributed by atoms with Gasteiger partial charge < -0.3 is 9.30 Å². The largest absolute Gasteiger partial charge is 0.444 e. The molecule has 3 nitrogen and oxygen atoms in total. The minimum absolute atomic E-state index is 0.152. The van der Waals surface area contributed by atoms with E-state index in [4.69, 9.17) is 4.74 Å². The highest BCUT2D eigenvalue weighted by atomic mass is 28.3. The predicted molar refractivity (Wildman–Crippen MR) is 59.7 cm³/mol. The van der Waals surface area contributed by atoms with Crippen LogP contribution in [0.1, 0.15) is 27.2 Å². The van der Waals surface area contributed by atoms with E-state index in [2.05, 4.69) is 18.3 Å². The molecule has 0 saturated carbocycles. The minimum Gasteiger partial charge on any atom is -0.444 e. The average Bonchev–Trinajstić information content (AvgIpc) is 2.01. The van der Waals surface area contributed by atoms with E-state index in [0.717, 1.165) is 13.0 Å². The molecule has 0 aliphatic carbocycles. The molecule has 1 amide bonds. The van der Waals surface area contributed by atoms with E-state index in [9.17, 15) is 4.79 Å². The summed E-state index contributed by atoms with van der Waals surface area (Å²) in [6, 6.07) is 0. The zero-order valence-electron chi connectivity index (χ0n) is 9.41. The molecule has 0 aromatic carbocycles. The van der Waals surface area contributed by atoms with E-state index in [0.29, 0.717) is 0 Å². The lowest BCUT2D eigenvalue weighted by atomic mass is 10.2. The summed E-state index contributed by atoms with van der Waals surface area (Å²) in [6.45, 7) is 8.66. The highest BCUT2D eigenvalue weighted by Gasteiger charge is 2.26. The van der Waals surface area contributed by atoms with E-state index < -0.39 is 8.96 Å². The number of amides is 1. The number of hydrogen-bond donors (Lipinski definition) is 0. The van der Waals surface area contributed by atoms with Crippen LogP contribution >= 0.6 is 0 Å². The third kappa shape index (κ3) is 3.18. The molecule has 0 radical (unpaired) electrons. The second kappa shape index (κ2) is 4.17. The highest BCUT2D eigenvalue weighted by molar-refractivity contribution is 6.62. The number of ether oxygens (including phenoxy) is 1. The van der Waals surface area contributed by atoms with Crippen LogP contribution < -0.4 is 0 Å². The molecule has 0 aromatic rings. The van der Waals surface area contributed by atoms with Crippen LogP contribution in [0.4, 0.5) is 4.79 Å². The standard InChI is InChI=1S/C10H19NO2Si/c1-10(2,3)13-9(12)11-7-5-6-8-14(11)4/h6,8,14H,5,7H2,1-4H3/t14-/m0/s1. The van der Waals surface area contributed by atoms with Gasteiger partial charge >= 0.3 is 6.09 Å². The van der Waals surface area contributed by atoms with Gasteiger partial charge in [-0.3, -0.25) is 0 Å². The Morgan fingerprint density at radius 3 is 2.64 bits per heavy atom. The molecule has 1 rings (SSSR count). The van der Waals surface area contributed by atoms with Crippen molar-refractivity contribution in [1.29, 1.82) is 0 Å². The summed E-state index contributed by atoms with van der Waals surface area (Å²) in [5, 5.41) is 0. The Labute approximate surface area is 87.4 Å². The maximum atomic E-state index is 11.7. The second-order valence-corrected chi connectivity index (χ2v) is 7.12. The molecule has 0 aromatic heterocycles. The van der Waals surface area contributed by atoms with Gasteiger partial charge in [0.15, 0.2) is 8.96 Å². The summed E-state index contributed by atoms with van der Waals surface area (Å²) >= 11 is 0. The van der Waals surface area contributed by atoms with Crippen molar-refractivity contribution in [2.45, 2.75) is 39.3 Å². The third-order valence-electron chi connectivity index (χ3n) is 2.07. The first-order chi connectivity index (χ1) is 6.40. The number of rotatable bonds is 0. The van der Waals surface area contributed by atoms with Crippen molar-refractivity contribution in [1.82, 2.24) is 4.57 Å². The van der Waals surface area contributed by atoms with Crippen LogP contribution in [0.15, 0.2) is 11.8 Å². The zero-order chi connectivity index (χ0) is 10.8. The molecule has 1 atom stereocenters.